The minimum absolute atomic E-state index is 0.498. The summed E-state index contributed by atoms with van der Waals surface area (Å²) in [5.41, 5.74) is 1.63. The van der Waals surface area contributed by atoms with E-state index in [0.29, 0.717) is 17.5 Å². The first kappa shape index (κ1) is 13.7. The number of nitrogens with one attached hydrogen (secondary N) is 1. The largest absolute Gasteiger partial charge is 0.495 e. The van der Waals surface area contributed by atoms with Crippen molar-refractivity contribution in [3.63, 3.8) is 0 Å². The molecule has 3 atom stereocenters. The third-order valence-electron chi connectivity index (χ3n) is 4.10. The van der Waals surface area contributed by atoms with Gasteiger partial charge in [0.2, 0.25) is 0 Å². The number of nitriles is 1. The van der Waals surface area contributed by atoms with E-state index in [2.05, 4.69) is 25.2 Å². The molecular weight excluding hydrogens is 236 g/mol. The van der Waals surface area contributed by atoms with Crippen molar-refractivity contribution in [1.29, 1.82) is 5.26 Å². The molecule has 0 amide bonds. The van der Waals surface area contributed by atoms with Crippen LogP contribution in [0.1, 0.15) is 38.7 Å². The number of anilines is 1. The van der Waals surface area contributed by atoms with Gasteiger partial charge in [0.1, 0.15) is 5.75 Å². The molecule has 102 valence electrons. The molecule has 3 unspecified atom stereocenters. The van der Waals surface area contributed by atoms with Crippen LogP contribution in [0.3, 0.4) is 0 Å². The normalized spacial score (nSPS) is 26.5. The highest BCUT2D eigenvalue weighted by Gasteiger charge is 2.25. The molecule has 0 spiro atoms. The van der Waals surface area contributed by atoms with E-state index in [9.17, 15) is 0 Å². The minimum Gasteiger partial charge on any atom is -0.495 e. The van der Waals surface area contributed by atoms with E-state index in [0.717, 1.165) is 17.4 Å². The first-order valence-corrected chi connectivity index (χ1v) is 6.98. The SMILES string of the molecule is COc1cc(C#N)ccc1NC1CCC(C)CC1C. The summed E-state index contributed by atoms with van der Waals surface area (Å²) >= 11 is 0. The lowest BCUT2D eigenvalue weighted by Crippen LogP contribution is -2.33. The Morgan fingerprint density at radius 3 is 2.74 bits per heavy atom. The van der Waals surface area contributed by atoms with Crippen molar-refractivity contribution in [2.45, 2.75) is 39.2 Å². The summed E-state index contributed by atoms with van der Waals surface area (Å²) in [6.07, 6.45) is 3.75. The van der Waals surface area contributed by atoms with Gasteiger partial charge in [0.25, 0.3) is 0 Å². The molecule has 1 saturated carbocycles. The van der Waals surface area contributed by atoms with E-state index in [-0.39, 0.29) is 0 Å². The monoisotopic (exact) mass is 258 g/mol. The third-order valence-corrected chi connectivity index (χ3v) is 4.10. The molecule has 0 bridgehead atoms. The van der Waals surface area contributed by atoms with Gasteiger partial charge in [-0.05, 0) is 43.2 Å². The van der Waals surface area contributed by atoms with E-state index >= 15 is 0 Å². The van der Waals surface area contributed by atoms with Crippen molar-refractivity contribution in [2.75, 3.05) is 12.4 Å². The molecule has 3 nitrogen and oxygen atoms in total. The van der Waals surface area contributed by atoms with Gasteiger partial charge in [0.05, 0.1) is 24.4 Å². The standard InChI is InChI=1S/C16H22N2O/c1-11-4-6-14(12(2)8-11)18-15-7-5-13(10-17)9-16(15)19-3/h5,7,9,11-12,14,18H,4,6,8H2,1-3H3. The van der Waals surface area contributed by atoms with Crippen molar-refractivity contribution in [2.24, 2.45) is 11.8 Å². The predicted octanol–water partition coefficient (Wildman–Crippen LogP) is 3.80. The number of nitrogens with zero attached hydrogens (tertiary/aromatic N) is 1. The smallest absolute Gasteiger partial charge is 0.143 e. The quantitative estimate of drug-likeness (QED) is 0.896. The van der Waals surface area contributed by atoms with Crippen LogP contribution in [0.5, 0.6) is 5.75 Å². The molecule has 1 fully saturated rings. The number of ether oxygens (including phenoxy) is 1. The van der Waals surface area contributed by atoms with Crippen LogP contribution >= 0.6 is 0 Å². The van der Waals surface area contributed by atoms with Crippen LogP contribution in [0.15, 0.2) is 18.2 Å². The Hall–Kier alpha value is -1.69. The highest BCUT2D eigenvalue weighted by molar-refractivity contribution is 5.60. The topological polar surface area (TPSA) is 45.0 Å². The lowest BCUT2D eigenvalue weighted by atomic mass is 9.80. The molecule has 0 aromatic heterocycles. The van der Waals surface area contributed by atoms with Crippen molar-refractivity contribution >= 4 is 5.69 Å². The zero-order valence-corrected chi connectivity index (χ0v) is 11.9. The molecule has 0 saturated heterocycles. The fourth-order valence-corrected chi connectivity index (χ4v) is 2.96. The predicted molar refractivity (Wildman–Crippen MR) is 77.3 cm³/mol. The summed E-state index contributed by atoms with van der Waals surface area (Å²) < 4.78 is 5.37. The Morgan fingerprint density at radius 1 is 1.32 bits per heavy atom. The van der Waals surface area contributed by atoms with Gasteiger partial charge in [0.15, 0.2) is 0 Å². The molecule has 1 aliphatic carbocycles. The molecule has 1 aliphatic rings. The molecule has 1 aromatic carbocycles. The van der Waals surface area contributed by atoms with Crippen LogP contribution in [0.25, 0.3) is 0 Å². The molecule has 1 aromatic rings. The summed E-state index contributed by atoms with van der Waals surface area (Å²) in [4.78, 5) is 0. The molecule has 0 radical (unpaired) electrons. The van der Waals surface area contributed by atoms with Gasteiger partial charge in [0, 0.05) is 12.1 Å². The van der Waals surface area contributed by atoms with Crippen molar-refractivity contribution in [1.82, 2.24) is 0 Å². The van der Waals surface area contributed by atoms with Gasteiger partial charge in [-0.25, -0.2) is 0 Å². The molecule has 0 aliphatic heterocycles. The Balaban J connectivity index is 2.12. The van der Waals surface area contributed by atoms with Crippen molar-refractivity contribution in [3.8, 4) is 11.8 Å². The fraction of sp³-hybridized carbons (Fsp3) is 0.562. The summed E-state index contributed by atoms with van der Waals surface area (Å²) in [6, 6.07) is 8.21. The molecule has 0 heterocycles. The number of hydrogen-bond acceptors (Lipinski definition) is 3. The average molecular weight is 258 g/mol. The lowest BCUT2D eigenvalue weighted by Gasteiger charge is -2.34. The highest BCUT2D eigenvalue weighted by atomic mass is 16.5. The summed E-state index contributed by atoms with van der Waals surface area (Å²) in [7, 11) is 1.65. The molecule has 1 N–H and O–H groups in total. The fourth-order valence-electron chi connectivity index (χ4n) is 2.96. The van der Waals surface area contributed by atoms with Crippen LogP contribution in [0.2, 0.25) is 0 Å². The maximum absolute atomic E-state index is 8.92. The van der Waals surface area contributed by atoms with Gasteiger partial charge in [-0.15, -0.1) is 0 Å². The van der Waals surface area contributed by atoms with E-state index < -0.39 is 0 Å². The number of benzene rings is 1. The highest BCUT2D eigenvalue weighted by Crippen LogP contribution is 2.33. The Kier molecular flexibility index (Phi) is 4.31. The van der Waals surface area contributed by atoms with Crippen LogP contribution in [0, 0.1) is 23.2 Å². The second-order valence-corrected chi connectivity index (χ2v) is 5.67. The van der Waals surface area contributed by atoms with Gasteiger partial charge in [-0.1, -0.05) is 13.8 Å². The third kappa shape index (κ3) is 3.20. The Morgan fingerprint density at radius 2 is 2.11 bits per heavy atom. The zero-order valence-electron chi connectivity index (χ0n) is 11.9. The van der Waals surface area contributed by atoms with E-state index in [1.54, 1.807) is 13.2 Å². The van der Waals surface area contributed by atoms with Gasteiger partial charge < -0.3 is 10.1 Å². The maximum atomic E-state index is 8.92. The van der Waals surface area contributed by atoms with Gasteiger partial charge in [-0.3, -0.25) is 0 Å². The zero-order chi connectivity index (χ0) is 13.8. The van der Waals surface area contributed by atoms with Crippen LogP contribution in [0.4, 0.5) is 5.69 Å². The van der Waals surface area contributed by atoms with Crippen molar-refractivity contribution < 1.29 is 4.74 Å². The second kappa shape index (κ2) is 5.97. The summed E-state index contributed by atoms with van der Waals surface area (Å²) in [5.74, 6) is 2.25. The number of hydrogen-bond donors (Lipinski definition) is 1. The van der Waals surface area contributed by atoms with Crippen LogP contribution in [-0.4, -0.2) is 13.2 Å². The van der Waals surface area contributed by atoms with Crippen LogP contribution < -0.4 is 10.1 Å². The number of methoxy groups -OCH3 is 1. The lowest BCUT2D eigenvalue weighted by molar-refractivity contribution is 0.276. The van der Waals surface area contributed by atoms with Crippen LogP contribution in [-0.2, 0) is 0 Å². The maximum Gasteiger partial charge on any atom is 0.143 e. The Bertz CT molecular complexity index is 478. The molecule has 3 heteroatoms. The minimum atomic E-state index is 0.498. The van der Waals surface area contributed by atoms with Crippen molar-refractivity contribution in [3.05, 3.63) is 23.8 Å². The van der Waals surface area contributed by atoms with Gasteiger partial charge in [-0.2, -0.15) is 5.26 Å². The molecule has 2 rings (SSSR count). The molecule has 19 heavy (non-hydrogen) atoms. The van der Waals surface area contributed by atoms with E-state index in [1.807, 2.05) is 12.1 Å². The Labute approximate surface area is 115 Å². The first-order chi connectivity index (χ1) is 9.13. The van der Waals surface area contributed by atoms with E-state index in [1.165, 1.54) is 19.3 Å². The first-order valence-electron chi connectivity index (χ1n) is 6.98. The van der Waals surface area contributed by atoms with E-state index in [4.69, 9.17) is 10.00 Å². The average Bonchev–Trinajstić information content (AvgIpc) is 2.42. The second-order valence-electron chi connectivity index (χ2n) is 5.67. The number of rotatable bonds is 3. The molecular formula is C16H22N2O. The summed E-state index contributed by atoms with van der Waals surface area (Å²) in [6.45, 7) is 4.64. The van der Waals surface area contributed by atoms with Gasteiger partial charge >= 0.3 is 0 Å². The summed E-state index contributed by atoms with van der Waals surface area (Å²) in [5, 5.41) is 12.5.